The van der Waals surface area contributed by atoms with Gasteiger partial charge in [-0.3, -0.25) is 4.40 Å². The number of aromatic nitrogens is 2. The first-order valence-corrected chi connectivity index (χ1v) is 4.02. The molecule has 0 radical (unpaired) electrons. The number of rotatable bonds is 0. The van der Waals surface area contributed by atoms with Crippen LogP contribution in [0, 0.1) is 0 Å². The molecule has 3 nitrogen and oxygen atoms in total. The molecule has 0 aromatic carbocycles. The lowest BCUT2D eigenvalue weighted by Gasteiger charge is -1.99. The first-order chi connectivity index (χ1) is 5.68. The van der Waals surface area contributed by atoms with Crippen LogP contribution in [0.1, 0.15) is 0 Å². The second kappa shape index (κ2) is 2.54. The minimum Gasteiger partial charge on any atom is -0.383 e. The number of nitrogens with two attached hydrogens (primary N) is 1. The minimum atomic E-state index is 0.465. The lowest BCUT2D eigenvalue weighted by Crippen LogP contribution is -1.93. The van der Waals surface area contributed by atoms with Gasteiger partial charge in [0.1, 0.15) is 16.6 Å². The lowest BCUT2D eigenvalue weighted by atomic mass is 10.5. The van der Waals surface area contributed by atoms with E-state index < -0.39 is 0 Å². The van der Waals surface area contributed by atoms with Crippen LogP contribution in [-0.4, -0.2) is 9.38 Å². The minimum absolute atomic E-state index is 0.465. The Morgan fingerprint density at radius 2 is 2.08 bits per heavy atom. The fraction of sp³-hybridized carbons (Fsp3) is 0. The van der Waals surface area contributed by atoms with E-state index in [4.69, 9.17) is 28.9 Å². The van der Waals surface area contributed by atoms with Crippen molar-refractivity contribution in [1.29, 1.82) is 0 Å². The highest BCUT2D eigenvalue weighted by molar-refractivity contribution is 6.34. The Morgan fingerprint density at radius 3 is 2.83 bits per heavy atom. The standard InChI is InChI=1S/C7H5Cl2N3/c8-4-1-5(9)12-6(10)3-11-7(12)2-4/h1-3H,10H2. The van der Waals surface area contributed by atoms with Crippen molar-refractivity contribution < 1.29 is 0 Å². The number of nitrogen functional groups attached to an aromatic ring is 1. The summed E-state index contributed by atoms with van der Waals surface area (Å²) in [5.74, 6) is 0.506. The van der Waals surface area contributed by atoms with E-state index in [0.717, 1.165) is 0 Å². The van der Waals surface area contributed by atoms with Gasteiger partial charge >= 0.3 is 0 Å². The third-order valence-corrected chi connectivity index (χ3v) is 2.05. The molecule has 2 N–H and O–H groups in total. The molecule has 0 fully saturated rings. The molecule has 62 valence electrons. The second-order valence-electron chi connectivity index (χ2n) is 2.37. The van der Waals surface area contributed by atoms with Crippen molar-refractivity contribution in [2.75, 3.05) is 5.73 Å². The highest BCUT2D eigenvalue weighted by Crippen LogP contribution is 2.21. The Bertz CT molecular complexity index is 435. The summed E-state index contributed by atoms with van der Waals surface area (Å²) in [5, 5.41) is 1.02. The van der Waals surface area contributed by atoms with Crippen LogP contribution in [0.4, 0.5) is 5.82 Å². The average Bonchev–Trinajstić information content (AvgIpc) is 2.31. The summed E-state index contributed by atoms with van der Waals surface area (Å²) in [5.41, 5.74) is 6.26. The molecular formula is C7H5Cl2N3. The highest BCUT2D eigenvalue weighted by atomic mass is 35.5. The molecule has 0 aliphatic heterocycles. The zero-order valence-electron chi connectivity index (χ0n) is 5.96. The summed E-state index contributed by atoms with van der Waals surface area (Å²) in [6.07, 6.45) is 1.54. The van der Waals surface area contributed by atoms with E-state index in [0.29, 0.717) is 21.6 Å². The maximum atomic E-state index is 5.87. The molecule has 0 aliphatic rings. The topological polar surface area (TPSA) is 43.3 Å². The molecule has 0 unspecified atom stereocenters. The molecule has 2 heterocycles. The number of fused-ring (bicyclic) bond motifs is 1. The van der Waals surface area contributed by atoms with E-state index >= 15 is 0 Å². The van der Waals surface area contributed by atoms with Crippen LogP contribution in [0.15, 0.2) is 18.3 Å². The van der Waals surface area contributed by atoms with Crippen LogP contribution in [-0.2, 0) is 0 Å². The lowest BCUT2D eigenvalue weighted by molar-refractivity contribution is 1.20. The zero-order valence-corrected chi connectivity index (χ0v) is 7.47. The van der Waals surface area contributed by atoms with Gasteiger partial charge in [-0.05, 0) is 6.07 Å². The predicted molar refractivity (Wildman–Crippen MR) is 49.6 cm³/mol. The summed E-state index contributed by atoms with van der Waals surface area (Å²) in [4.78, 5) is 4.01. The molecule has 2 rings (SSSR count). The van der Waals surface area contributed by atoms with Crippen molar-refractivity contribution in [2.45, 2.75) is 0 Å². The van der Waals surface area contributed by atoms with Crippen LogP contribution in [0.25, 0.3) is 5.65 Å². The van der Waals surface area contributed by atoms with Crippen LogP contribution < -0.4 is 5.73 Å². The molecule has 0 atom stereocenters. The average molecular weight is 202 g/mol. The fourth-order valence-corrected chi connectivity index (χ4v) is 1.62. The normalized spacial score (nSPS) is 10.8. The molecule has 0 amide bonds. The number of hydrogen-bond donors (Lipinski definition) is 1. The quantitative estimate of drug-likeness (QED) is 0.665. The van der Waals surface area contributed by atoms with E-state index in [1.807, 2.05) is 0 Å². The summed E-state index contributed by atoms with van der Waals surface area (Å²) >= 11 is 11.6. The molecular weight excluding hydrogens is 197 g/mol. The Hall–Kier alpha value is -0.930. The zero-order chi connectivity index (χ0) is 8.72. The van der Waals surface area contributed by atoms with Crippen LogP contribution in [0.5, 0.6) is 0 Å². The highest BCUT2D eigenvalue weighted by Gasteiger charge is 2.04. The summed E-state index contributed by atoms with van der Waals surface area (Å²) in [6, 6.07) is 3.32. The molecule has 2 aromatic heterocycles. The SMILES string of the molecule is Nc1cnc2cc(Cl)cc(Cl)n12. The maximum Gasteiger partial charge on any atom is 0.141 e. The smallest absolute Gasteiger partial charge is 0.141 e. The van der Waals surface area contributed by atoms with Crippen molar-refractivity contribution in [3.63, 3.8) is 0 Å². The Labute approximate surface area is 78.7 Å². The van der Waals surface area contributed by atoms with Crippen molar-refractivity contribution >= 4 is 34.7 Å². The van der Waals surface area contributed by atoms with Crippen molar-refractivity contribution in [1.82, 2.24) is 9.38 Å². The van der Waals surface area contributed by atoms with Gasteiger partial charge in [0.05, 0.1) is 6.20 Å². The first kappa shape index (κ1) is 7.71. The molecule has 0 bridgehead atoms. The number of pyridine rings is 1. The molecule has 5 heteroatoms. The van der Waals surface area contributed by atoms with Gasteiger partial charge in [-0.1, -0.05) is 23.2 Å². The molecule has 0 spiro atoms. The molecule has 0 saturated heterocycles. The maximum absolute atomic E-state index is 5.87. The van der Waals surface area contributed by atoms with Crippen molar-refractivity contribution in [3.05, 3.63) is 28.5 Å². The van der Waals surface area contributed by atoms with E-state index in [9.17, 15) is 0 Å². The molecule has 0 saturated carbocycles. The summed E-state index contributed by atoms with van der Waals surface area (Å²) < 4.78 is 1.62. The monoisotopic (exact) mass is 201 g/mol. The predicted octanol–water partition coefficient (Wildman–Crippen LogP) is 2.22. The number of imidazole rings is 1. The molecule has 0 aliphatic carbocycles. The molecule has 12 heavy (non-hydrogen) atoms. The van der Waals surface area contributed by atoms with Gasteiger partial charge < -0.3 is 5.73 Å². The van der Waals surface area contributed by atoms with E-state index in [-0.39, 0.29) is 0 Å². The summed E-state index contributed by atoms with van der Waals surface area (Å²) in [6.45, 7) is 0. The van der Waals surface area contributed by atoms with Gasteiger partial charge in [-0.25, -0.2) is 4.98 Å². The Kier molecular flexibility index (Phi) is 1.63. The Morgan fingerprint density at radius 1 is 1.33 bits per heavy atom. The third kappa shape index (κ3) is 1.02. The van der Waals surface area contributed by atoms with E-state index in [2.05, 4.69) is 4.98 Å². The van der Waals surface area contributed by atoms with Gasteiger partial charge in [-0.15, -0.1) is 0 Å². The van der Waals surface area contributed by atoms with E-state index in [1.165, 1.54) is 6.20 Å². The summed E-state index contributed by atoms with van der Waals surface area (Å²) in [7, 11) is 0. The number of hydrogen-bond acceptors (Lipinski definition) is 2. The van der Waals surface area contributed by atoms with Crippen molar-refractivity contribution in [3.8, 4) is 0 Å². The number of anilines is 1. The fourth-order valence-electron chi connectivity index (χ4n) is 1.06. The second-order valence-corrected chi connectivity index (χ2v) is 3.20. The van der Waals surface area contributed by atoms with Gasteiger partial charge in [0.2, 0.25) is 0 Å². The van der Waals surface area contributed by atoms with Crippen LogP contribution in [0.2, 0.25) is 10.2 Å². The van der Waals surface area contributed by atoms with Gasteiger partial charge in [0.25, 0.3) is 0 Å². The largest absolute Gasteiger partial charge is 0.383 e. The molecule has 2 aromatic rings. The number of nitrogens with zero attached hydrogens (tertiary/aromatic N) is 2. The van der Waals surface area contributed by atoms with Gasteiger partial charge in [0.15, 0.2) is 0 Å². The van der Waals surface area contributed by atoms with E-state index in [1.54, 1.807) is 16.5 Å². The van der Waals surface area contributed by atoms with Gasteiger partial charge in [0, 0.05) is 11.1 Å². The first-order valence-electron chi connectivity index (χ1n) is 3.26. The third-order valence-electron chi connectivity index (χ3n) is 1.55. The van der Waals surface area contributed by atoms with Crippen molar-refractivity contribution in [2.24, 2.45) is 0 Å². The van der Waals surface area contributed by atoms with Crippen LogP contribution >= 0.6 is 23.2 Å². The Balaban J connectivity index is 2.93. The number of halogens is 2. The van der Waals surface area contributed by atoms with Gasteiger partial charge in [-0.2, -0.15) is 0 Å². The van der Waals surface area contributed by atoms with Crippen LogP contribution in [0.3, 0.4) is 0 Å².